The molecule has 1 aliphatic heterocycles. The van der Waals surface area contributed by atoms with E-state index in [0.717, 1.165) is 11.0 Å². The van der Waals surface area contributed by atoms with Crippen LogP contribution in [0.2, 0.25) is 0 Å². The molecule has 5 heteroatoms. The van der Waals surface area contributed by atoms with Crippen LogP contribution >= 0.6 is 0 Å². The van der Waals surface area contributed by atoms with Crippen LogP contribution in [0.15, 0.2) is 18.2 Å². The highest BCUT2D eigenvalue weighted by atomic mass is 16.7. The molecule has 2 rings (SSSR count). The molecule has 1 aromatic rings. The standard InChI is InChI=1S/C16H24BNO3/c1-7-18-14(19)12-9-8-10-13(11(12)2)17-20-15(3,4)16(5,6)21-17/h8-10H,7H2,1-6H3,(H,18,19). The molecule has 0 saturated carbocycles. The first-order valence-electron chi connectivity index (χ1n) is 7.43. The molecule has 1 N–H and O–H groups in total. The first-order chi connectivity index (χ1) is 9.69. The smallest absolute Gasteiger partial charge is 0.399 e. The number of carbonyl (C=O) groups is 1. The third-order valence-corrected chi connectivity index (χ3v) is 4.46. The van der Waals surface area contributed by atoms with E-state index in [0.29, 0.717) is 12.1 Å². The van der Waals surface area contributed by atoms with E-state index in [1.54, 1.807) is 0 Å². The summed E-state index contributed by atoms with van der Waals surface area (Å²) in [7, 11) is -0.440. The first kappa shape index (κ1) is 16.1. The summed E-state index contributed by atoms with van der Waals surface area (Å²) in [5.41, 5.74) is 1.72. The van der Waals surface area contributed by atoms with Crippen LogP contribution in [0.25, 0.3) is 0 Å². The summed E-state index contributed by atoms with van der Waals surface area (Å²) >= 11 is 0. The van der Waals surface area contributed by atoms with E-state index >= 15 is 0 Å². The van der Waals surface area contributed by atoms with Crippen molar-refractivity contribution in [1.82, 2.24) is 5.32 Å². The number of hydrogen-bond donors (Lipinski definition) is 1. The van der Waals surface area contributed by atoms with Gasteiger partial charge in [-0.25, -0.2) is 0 Å². The molecule has 1 fully saturated rings. The molecule has 0 bridgehead atoms. The van der Waals surface area contributed by atoms with Gasteiger partial charge < -0.3 is 14.6 Å². The minimum absolute atomic E-state index is 0.0617. The third-order valence-electron chi connectivity index (χ3n) is 4.46. The second kappa shape index (κ2) is 5.46. The number of amides is 1. The van der Waals surface area contributed by atoms with Gasteiger partial charge in [0.1, 0.15) is 0 Å². The molecule has 0 aliphatic carbocycles. The van der Waals surface area contributed by atoms with Crippen molar-refractivity contribution in [1.29, 1.82) is 0 Å². The predicted molar refractivity (Wildman–Crippen MR) is 84.9 cm³/mol. The van der Waals surface area contributed by atoms with E-state index in [-0.39, 0.29) is 17.1 Å². The summed E-state index contributed by atoms with van der Waals surface area (Å²) < 4.78 is 12.1. The fourth-order valence-corrected chi connectivity index (χ4v) is 2.38. The summed E-state index contributed by atoms with van der Waals surface area (Å²) in [6.45, 7) is 12.5. The molecule has 4 nitrogen and oxygen atoms in total. The van der Waals surface area contributed by atoms with E-state index in [9.17, 15) is 4.79 Å². The van der Waals surface area contributed by atoms with Crippen LogP contribution in [0.5, 0.6) is 0 Å². The number of carbonyl (C=O) groups excluding carboxylic acids is 1. The largest absolute Gasteiger partial charge is 0.495 e. The highest BCUT2D eigenvalue weighted by Crippen LogP contribution is 2.36. The Bertz CT molecular complexity index is 538. The maximum absolute atomic E-state index is 12.1. The van der Waals surface area contributed by atoms with Crippen LogP contribution < -0.4 is 10.8 Å². The molecular formula is C16H24BNO3. The second-order valence-electron chi connectivity index (χ2n) is 6.47. The Morgan fingerprint density at radius 3 is 2.29 bits per heavy atom. The van der Waals surface area contributed by atoms with Crippen LogP contribution in [-0.4, -0.2) is 30.8 Å². The van der Waals surface area contributed by atoms with Crippen LogP contribution in [0, 0.1) is 6.92 Å². The van der Waals surface area contributed by atoms with Crippen molar-refractivity contribution < 1.29 is 14.1 Å². The molecule has 1 aromatic carbocycles. The highest BCUT2D eigenvalue weighted by molar-refractivity contribution is 6.62. The lowest BCUT2D eigenvalue weighted by molar-refractivity contribution is 0.00578. The van der Waals surface area contributed by atoms with Crippen LogP contribution in [0.1, 0.15) is 50.5 Å². The zero-order valence-electron chi connectivity index (χ0n) is 13.7. The van der Waals surface area contributed by atoms with E-state index in [2.05, 4.69) is 5.32 Å². The summed E-state index contributed by atoms with van der Waals surface area (Å²) in [6, 6.07) is 5.66. The van der Waals surface area contributed by atoms with Gasteiger partial charge in [-0.3, -0.25) is 4.79 Å². The summed E-state index contributed by atoms with van der Waals surface area (Å²) in [5, 5.41) is 2.83. The van der Waals surface area contributed by atoms with Gasteiger partial charge in [-0.05, 0) is 58.6 Å². The molecule has 0 aromatic heterocycles. The van der Waals surface area contributed by atoms with Gasteiger partial charge in [0.25, 0.3) is 5.91 Å². The molecule has 1 heterocycles. The number of nitrogens with one attached hydrogen (secondary N) is 1. The fourth-order valence-electron chi connectivity index (χ4n) is 2.38. The molecular weight excluding hydrogens is 265 g/mol. The minimum atomic E-state index is -0.440. The Hall–Kier alpha value is -1.33. The van der Waals surface area contributed by atoms with E-state index < -0.39 is 7.12 Å². The highest BCUT2D eigenvalue weighted by Gasteiger charge is 2.52. The quantitative estimate of drug-likeness (QED) is 0.866. The molecule has 1 amide bonds. The van der Waals surface area contributed by atoms with Gasteiger partial charge in [0, 0.05) is 12.1 Å². The maximum Gasteiger partial charge on any atom is 0.495 e. The SMILES string of the molecule is CCNC(=O)c1cccc(B2OC(C)(C)C(C)(C)O2)c1C. The summed E-state index contributed by atoms with van der Waals surface area (Å²) in [4.78, 5) is 12.1. The first-order valence-corrected chi connectivity index (χ1v) is 7.43. The Morgan fingerprint density at radius 2 is 1.76 bits per heavy atom. The maximum atomic E-state index is 12.1. The molecule has 0 spiro atoms. The van der Waals surface area contributed by atoms with Crippen molar-refractivity contribution in [2.24, 2.45) is 0 Å². The summed E-state index contributed by atoms with van der Waals surface area (Å²) in [5.74, 6) is -0.0617. The van der Waals surface area contributed by atoms with Gasteiger partial charge in [0.05, 0.1) is 11.2 Å². The van der Waals surface area contributed by atoms with Crippen molar-refractivity contribution in [3.8, 4) is 0 Å². The van der Waals surface area contributed by atoms with Gasteiger partial charge in [-0.1, -0.05) is 12.1 Å². The summed E-state index contributed by atoms with van der Waals surface area (Å²) in [6.07, 6.45) is 0. The van der Waals surface area contributed by atoms with Gasteiger partial charge in [0.15, 0.2) is 0 Å². The van der Waals surface area contributed by atoms with Crippen molar-refractivity contribution in [2.75, 3.05) is 6.54 Å². The molecule has 1 aliphatic rings. The molecule has 21 heavy (non-hydrogen) atoms. The number of rotatable bonds is 3. The topological polar surface area (TPSA) is 47.6 Å². The van der Waals surface area contributed by atoms with Gasteiger partial charge in [0.2, 0.25) is 0 Å². The van der Waals surface area contributed by atoms with Crippen molar-refractivity contribution in [3.05, 3.63) is 29.3 Å². The molecule has 0 atom stereocenters. The van der Waals surface area contributed by atoms with Crippen LogP contribution in [0.3, 0.4) is 0 Å². The zero-order chi connectivity index (χ0) is 15.8. The minimum Gasteiger partial charge on any atom is -0.399 e. The second-order valence-corrected chi connectivity index (χ2v) is 6.47. The van der Waals surface area contributed by atoms with Gasteiger partial charge >= 0.3 is 7.12 Å². The predicted octanol–water partition coefficient (Wildman–Crippen LogP) is 2.04. The van der Waals surface area contributed by atoms with E-state index in [1.165, 1.54) is 0 Å². The van der Waals surface area contributed by atoms with Crippen molar-refractivity contribution in [3.63, 3.8) is 0 Å². The fraction of sp³-hybridized carbons (Fsp3) is 0.562. The number of benzene rings is 1. The number of hydrogen-bond acceptors (Lipinski definition) is 3. The average molecular weight is 289 g/mol. The Kier molecular flexibility index (Phi) is 4.18. The average Bonchev–Trinajstić information content (AvgIpc) is 2.58. The van der Waals surface area contributed by atoms with Crippen molar-refractivity contribution in [2.45, 2.75) is 52.7 Å². The zero-order valence-corrected chi connectivity index (χ0v) is 13.7. The van der Waals surface area contributed by atoms with Gasteiger partial charge in [-0.2, -0.15) is 0 Å². The van der Waals surface area contributed by atoms with Crippen molar-refractivity contribution >= 4 is 18.5 Å². The lowest BCUT2D eigenvalue weighted by Gasteiger charge is -2.32. The Labute approximate surface area is 127 Å². The molecule has 0 unspecified atom stereocenters. The van der Waals surface area contributed by atoms with E-state index in [4.69, 9.17) is 9.31 Å². The molecule has 0 radical (unpaired) electrons. The normalized spacial score (nSPS) is 19.6. The Balaban J connectivity index is 2.35. The lowest BCUT2D eigenvalue weighted by atomic mass is 9.75. The lowest BCUT2D eigenvalue weighted by Crippen LogP contribution is -2.41. The Morgan fingerprint density at radius 1 is 1.19 bits per heavy atom. The molecule has 114 valence electrons. The van der Waals surface area contributed by atoms with E-state index in [1.807, 2.05) is 59.7 Å². The molecule has 1 saturated heterocycles. The third kappa shape index (κ3) is 2.85. The van der Waals surface area contributed by atoms with Crippen LogP contribution in [0.4, 0.5) is 0 Å². The van der Waals surface area contributed by atoms with Gasteiger partial charge in [-0.15, -0.1) is 0 Å². The van der Waals surface area contributed by atoms with Crippen LogP contribution in [-0.2, 0) is 9.31 Å². The monoisotopic (exact) mass is 289 g/mol.